The smallest absolute Gasteiger partial charge is 0.0184 e. The highest BCUT2D eigenvalue weighted by Crippen LogP contribution is 2.28. The van der Waals surface area contributed by atoms with Gasteiger partial charge in [-0.3, -0.25) is 0 Å². The first-order valence-corrected chi connectivity index (χ1v) is 8.34. The van der Waals surface area contributed by atoms with Crippen LogP contribution in [0.2, 0.25) is 0 Å². The fourth-order valence-corrected chi connectivity index (χ4v) is 3.47. The lowest BCUT2D eigenvalue weighted by atomic mass is 9.89. The summed E-state index contributed by atoms with van der Waals surface area (Å²) in [6, 6.07) is 0.825. The van der Waals surface area contributed by atoms with E-state index in [1.54, 1.807) is 5.57 Å². The second-order valence-electron chi connectivity index (χ2n) is 6.28. The van der Waals surface area contributed by atoms with Gasteiger partial charge in [0, 0.05) is 11.1 Å². The van der Waals surface area contributed by atoms with Crippen LogP contribution in [-0.4, -0.2) is 24.0 Å². The number of nitrogens with zero attached hydrogens (tertiary/aromatic N) is 1. The molecule has 0 aromatic rings. The van der Waals surface area contributed by atoms with Crippen molar-refractivity contribution < 1.29 is 0 Å². The third-order valence-corrected chi connectivity index (χ3v) is 5.10. The summed E-state index contributed by atoms with van der Waals surface area (Å²) in [7, 11) is 0. The van der Waals surface area contributed by atoms with Gasteiger partial charge in [-0.15, -0.1) is 0 Å². The van der Waals surface area contributed by atoms with Gasteiger partial charge in [0.05, 0.1) is 0 Å². The van der Waals surface area contributed by atoms with Crippen LogP contribution in [0.5, 0.6) is 0 Å². The molecule has 2 atom stereocenters. The van der Waals surface area contributed by atoms with E-state index in [9.17, 15) is 0 Å². The van der Waals surface area contributed by atoms with Gasteiger partial charge >= 0.3 is 0 Å². The van der Waals surface area contributed by atoms with Crippen molar-refractivity contribution in [3.8, 4) is 0 Å². The lowest BCUT2D eigenvalue weighted by Crippen LogP contribution is -2.27. The molecule has 1 nitrogen and oxygen atoms in total. The van der Waals surface area contributed by atoms with E-state index in [4.69, 9.17) is 11.6 Å². The lowest BCUT2D eigenvalue weighted by molar-refractivity contribution is 0.261. The zero-order chi connectivity index (χ0) is 13.7. The normalized spacial score (nSPS) is 26.2. The van der Waals surface area contributed by atoms with Crippen molar-refractivity contribution in [2.45, 2.75) is 64.8 Å². The van der Waals surface area contributed by atoms with E-state index < -0.39 is 0 Å². The van der Waals surface area contributed by atoms with Crippen molar-refractivity contribution in [2.24, 2.45) is 5.92 Å². The third kappa shape index (κ3) is 4.65. The van der Waals surface area contributed by atoms with Crippen LogP contribution in [0.15, 0.2) is 22.8 Å². The van der Waals surface area contributed by atoms with Crippen LogP contribution >= 0.6 is 11.6 Å². The van der Waals surface area contributed by atoms with Gasteiger partial charge in [-0.1, -0.05) is 36.6 Å². The van der Waals surface area contributed by atoms with E-state index in [0.717, 1.165) is 23.4 Å². The lowest BCUT2D eigenvalue weighted by Gasteiger charge is -2.22. The fourth-order valence-electron chi connectivity index (χ4n) is 3.31. The van der Waals surface area contributed by atoms with Crippen molar-refractivity contribution in [1.82, 2.24) is 4.90 Å². The first kappa shape index (κ1) is 15.1. The van der Waals surface area contributed by atoms with Crippen LogP contribution in [-0.2, 0) is 0 Å². The number of rotatable bonds is 6. The first-order chi connectivity index (χ1) is 9.16. The molecule has 2 rings (SSSR count). The summed E-state index contributed by atoms with van der Waals surface area (Å²) in [6.45, 7) is 7.37. The van der Waals surface area contributed by atoms with Crippen LogP contribution in [0.4, 0.5) is 0 Å². The number of hydrogen-bond donors (Lipinski definition) is 0. The highest BCUT2D eigenvalue weighted by Gasteiger charge is 2.19. The summed E-state index contributed by atoms with van der Waals surface area (Å²) in [6.07, 6.45) is 13.4. The van der Waals surface area contributed by atoms with Gasteiger partial charge in [0.25, 0.3) is 0 Å². The van der Waals surface area contributed by atoms with Crippen molar-refractivity contribution in [1.29, 1.82) is 0 Å². The molecule has 108 valence electrons. The molecule has 0 amide bonds. The SMILES string of the molecule is CC(CCCCN1CCCC1C)C1=CC=C(Cl)CC1. The summed E-state index contributed by atoms with van der Waals surface area (Å²) in [5.41, 5.74) is 1.60. The predicted molar refractivity (Wildman–Crippen MR) is 84.5 cm³/mol. The highest BCUT2D eigenvalue weighted by molar-refractivity contribution is 6.29. The number of allylic oxidation sites excluding steroid dienone is 4. The largest absolute Gasteiger partial charge is 0.301 e. The van der Waals surface area contributed by atoms with Gasteiger partial charge in [-0.05, 0) is 70.5 Å². The Balaban J connectivity index is 1.63. The predicted octanol–water partition coefficient (Wildman–Crippen LogP) is 5.12. The second-order valence-corrected chi connectivity index (χ2v) is 6.76. The van der Waals surface area contributed by atoms with E-state index in [1.165, 1.54) is 51.6 Å². The molecule has 0 bridgehead atoms. The van der Waals surface area contributed by atoms with Crippen molar-refractivity contribution in [2.75, 3.05) is 13.1 Å². The molecular weight excluding hydrogens is 254 g/mol. The molecule has 0 aromatic heterocycles. The summed E-state index contributed by atoms with van der Waals surface area (Å²) < 4.78 is 0. The van der Waals surface area contributed by atoms with Gasteiger partial charge in [-0.2, -0.15) is 0 Å². The molecular formula is C17H28ClN. The van der Waals surface area contributed by atoms with E-state index in [-0.39, 0.29) is 0 Å². The minimum absolute atomic E-state index is 0.733. The average molecular weight is 282 g/mol. The molecule has 1 saturated heterocycles. The summed E-state index contributed by atoms with van der Waals surface area (Å²) in [5, 5.41) is 1.01. The van der Waals surface area contributed by atoms with Crippen LogP contribution in [0.3, 0.4) is 0 Å². The van der Waals surface area contributed by atoms with Gasteiger partial charge in [0.1, 0.15) is 0 Å². The third-order valence-electron chi connectivity index (χ3n) is 4.79. The molecule has 2 aliphatic rings. The van der Waals surface area contributed by atoms with Gasteiger partial charge < -0.3 is 4.90 Å². The van der Waals surface area contributed by atoms with E-state index in [2.05, 4.69) is 30.9 Å². The maximum atomic E-state index is 6.01. The molecule has 0 aromatic carbocycles. The zero-order valence-corrected chi connectivity index (χ0v) is 13.3. The number of unbranched alkanes of at least 4 members (excludes halogenated alkanes) is 1. The zero-order valence-electron chi connectivity index (χ0n) is 12.5. The minimum atomic E-state index is 0.733. The summed E-state index contributed by atoms with van der Waals surface area (Å²) in [4.78, 5) is 2.66. The molecule has 1 aliphatic heterocycles. The highest BCUT2D eigenvalue weighted by atomic mass is 35.5. The van der Waals surface area contributed by atoms with Gasteiger partial charge in [0.2, 0.25) is 0 Å². The Labute approximate surface area is 123 Å². The van der Waals surface area contributed by atoms with Gasteiger partial charge in [0.15, 0.2) is 0 Å². The molecule has 19 heavy (non-hydrogen) atoms. The van der Waals surface area contributed by atoms with E-state index >= 15 is 0 Å². The molecule has 1 heterocycles. The summed E-state index contributed by atoms with van der Waals surface area (Å²) >= 11 is 6.01. The van der Waals surface area contributed by atoms with Crippen molar-refractivity contribution >= 4 is 11.6 Å². The number of likely N-dealkylation sites (tertiary alicyclic amines) is 1. The van der Waals surface area contributed by atoms with Crippen LogP contribution < -0.4 is 0 Å². The van der Waals surface area contributed by atoms with E-state index in [0.29, 0.717) is 0 Å². The van der Waals surface area contributed by atoms with Crippen LogP contribution in [0.1, 0.15) is 58.8 Å². The Morgan fingerprint density at radius 1 is 1.32 bits per heavy atom. The first-order valence-electron chi connectivity index (χ1n) is 7.96. The molecule has 0 N–H and O–H groups in total. The van der Waals surface area contributed by atoms with Crippen LogP contribution in [0, 0.1) is 5.92 Å². The fraction of sp³-hybridized carbons (Fsp3) is 0.765. The molecule has 0 spiro atoms. The number of halogens is 1. The Morgan fingerprint density at radius 3 is 2.79 bits per heavy atom. The Kier molecular flexibility index (Phi) is 5.97. The Bertz CT molecular complexity index is 345. The standard InChI is InChI=1S/C17H28ClN/c1-14(16-8-10-17(18)11-9-16)6-3-4-12-19-13-5-7-15(19)2/h8,10,14-15H,3-7,9,11-13H2,1-2H3. The minimum Gasteiger partial charge on any atom is -0.301 e. The molecule has 0 radical (unpaired) electrons. The topological polar surface area (TPSA) is 3.24 Å². The van der Waals surface area contributed by atoms with Gasteiger partial charge in [-0.25, -0.2) is 0 Å². The maximum absolute atomic E-state index is 6.01. The van der Waals surface area contributed by atoms with Crippen molar-refractivity contribution in [3.05, 3.63) is 22.8 Å². The molecule has 0 saturated carbocycles. The second kappa shape index (κ2) is 7.50. The molecule has 1 fully saturated rings. The Hall–Kier alpha value is -0.270. The van der Waals surface area contributed by atoms with E-state index in [1.807, 2.05) is 0 Å². The summed E-state index contributed by atoms with van der Waals surface area (Å²) in [5.74, 6) is 0.733. The molecule has 1 aliphatic carbocycles. The Morgan fingerprint density at radius 2 is 2.16 bits per heavy atom. The monoisotopic (exact) mass is 281 g/mol. The van der Waals surface area contributed by atoms with Crippen molar-refractivity contribution in [3.63, 3.8) is 0 Å². The molecule has 2 heteroatoms. The maximum Gasteiger partial charge on any atom is 0.0184 e. The number of hydrogen-bond acceptors (Lipinski definition) is 1. The van der Waals surface area contributed by atoms with Crippen LogP contribution in [0.25, 0.3) is 0 Å². The molecule has 2 unspecified atom stereocenters. The quantitative estimate of drug-likeness (QED) is 0.611. The average Bonchev–Trinajstić information content (AvgIpc) is 2.81.